The molecule has 206 valence electrons. The SMILES string of the molecule is C=CCOc1ccccc1/C=c1/sc2n(c1=O)[C@@H](c1ccc3c(c1)OCO3)C(C(=O)OCC)=C(c1ccccc1)N=2. The third kappa shape index (κ3) is 4.96. The molecule has 41 heavy (non-hydrogen) atoms. The molecule has 0 amide bonds. The summed E-state index contributed by atoms with van der Waals surface area (Å²) in [6.07, 6.45) is 3.45. The third-order valence-corrected chi connectivity index (χ3v) is 7.63. The van der Waals surface area contributed by atoms with Crippen molar-refractivity contribution in [3.05, 3.63) is 127 Å². The Hall–Kier alpha value is -4.89. The van der Waals surface area contributed by atoms with Gasteiger partial charge in [-0.2, -0.15) is 0 Å². The Morgan fingerprint density at radius 3 is 2.68 bits per heavy atom. The zero-order chi connectivity index (χ0) is 28.3. The lowest BCUT2D eigenvalue weighted by Crippen LogP contribution is -2.40. The highest BCUT2D eigenvalue weighted by atomic mass is 32.1. The van der Waals surface area contributed by atoms with Crippen molar-refractivity contribution in [1.29, 1.82) is 0 Å². The molecule has 1 atom stereocenters. The van der Waals surface area contributed by atoms with Gasteiger partial charge in [-0.1, -0.05) is 78.6 Å². The second-order valence-electron chi connectivity index (χ2n) is 9.18. The van der Waals surface area contributed by atoms with Gasteiger partial charge in [-0.25, -0.2) is 9.79 Å². The molecule has 0 unspecified atom stereocenters. The smallest absolute Gasteiger partial charge is 0.338 e. The van der Waals surface area contributed by atoms with Crippen molar-refractivity contribution in [2.75, 3.05) is 20.0 Å². The summed E-state index contributed by atoms with van der Waals surface area (Å²) in [6.45, 7) is 6.07. The summed E-state index contributed by atoms with van der Waals surface area (Å²) in [5.74, 6) is 1.22. The van der Waals surface area contributed by atoms with Crippen molar-refractivity contribution in [2.45, 2.75) is 13.0 Å². The van der Waals surface area contributed by atoms with Gasteiger partial charge < -0.3 is 18.9 Å². The number of rotatable bonds is 8. The number of carbonyl (C=O) groups excluding carboxylic acids is 1. The van der Waals surface area contributed by atoms with Crippen LogP contribution in [0.2, 0.25) is 0 Å². The molecule has 6 rings (SSSR count). The van der Waals surface area contributed by atoms with Gasteiger partial charge in [-0.05, 0) is 36.8 Å². The standard InChI is InChI=1S/C32H26N2O6S/c1-3-16-38-23-13-9-8-12-21(23)18-26-30(35)34-29(22-14-15-24-25(17-22)40-19-39-24)27(31(36)37-4-2)28(33-32(34)41-26)20-10-6-5-7-11-20/h3,5-15,17-18,29H,1,4,16,19H2,2H3/b26-18+/t29-/m0/s1. The van der Waals surface area contributed by atoms with Gasteiger partial charge in [-0.15, -0.1) is 0 Å². The van der Waals surface area contributed by atoms with E-state index in [0.717, 1.165) is 11.1 Å². The van der Waals surface area contributed by atoms with Gasteiger partial charge in [0.25, 0.3) is 5.56 Å². The van der Waals surface area contributed by atoms with E-state index in [0.29, 0.717) is 44.4 Å². The van der Waals surface area contributed by atoms with Crippen LogP contribution in [-0.4, -0.2) is 30.5 Å². The number of ether oxygens (including phenoxy) is 4. The first-order valence-electron chi connectivity index (χ1n) is 13.1. The van der Waals surface area contributed by atoms with Gasteiger partial charge in [0.05, 0.1) is 28.5 Å². The van der Waals surface area contributed by atoms with Gasteiger partial charge in [0.15, 0.2) is 16.3 Å². The Labute approximate surface area is 239 Å². The molecule has 0 aliphatic carbocycles. The van der Waals surface area contributed by atoms with Crippen molar-refractivity contribution in [2.24, 2.45) is 4.99 Å². The molecule has 0 spiro atoms. The summed E-state index contributed by atoms with van der Waals surface area (Å²) in [5.41, 5.74) is 2.58. The Balaban J connectivity index is 1.62. The third-order valence-electron chi connectivity index (χ3n) is 6.65. The summed E-state index contributed by atoms with van der Waals surface area (Å²) in [4.78, 5) is 33.1. The van der Waals surface area contributed by atoms with Gasteiger partial charge >= 0.3 is 5.97 Å². The van der Waals surface area contributed by atoms with Gasteiger partial charge in [0.2, 0.25) is 6.79 Å². The summed E-state index contributed by atoms with van der Waals surface area (Å²) in [7, 11) is 0. The topological polar surface area (TPSA) is 88.3 Å². The summed E-state index contributed by atoms with van der Waals surface area (Å²) in [5, 5.41) is 0. The number of fused-ring (bicyclic) bond motifs is 2. The molecule has 0 bridgehead atoms. The lowest BCUT2D eigenvalue weighted by atomic mass is 9.93. The molecule has 8 nitrogen and oxygen atoms in total. The Bertz CT molecular complexity index is 1850. The van der Waals surface area contributed by atoms with E-state index in [2.05, 4.69) is 6.58 Å². The maximum Gasteiger partial charge on any atom is 0.338 e. The summed E-state index contributed by atoms with van der Waals surface area (Å²) >= 11 is 1.25. The van der Waals surface area contributed by atoms with Crippen LogP contribution in [0.1, 0.15) is 29.7 Å². The fourth-order valence-corrected chi connectivity index (χ4v) is 5.85. The predicted molar refractivity (Wildman–Crippen MR) is 156 cm³/mol. The van der Waals surface area contributed by atoms with Crippen molar-refractivity contribution in [1.82, 2.24) is 4.57 Å². The van der Waals surface area contributed by atoms with Crippen LogP contribution < -0.4 is 29.1 Å². The molecule has 0 N–H and O–H groups in total. The molecule has 2 aliphatic rings. The molecule has 4 aromatic rings. The number of nitrogens with zero attached hydrogens (tertiary/aromatic N) is 2. The lowest BCUT2D eigenvalue weighted by Gasteiger charge is -2.26. The molecule has 3 heterocycles. The number of aromatic nitrogens is 1. The molecule has 0 radical (unpaired) electrons. The van der Waals surface area contributed by atoms with Crippen LogP contribution in [0.25, 0.3) is 11.8 Å². The van der Waals surface area contributed by atoms with Crippen molar-refractivity contribution < 1.29 is 23.7 Å². The van der Waals surface area contributed by atoms with Crippen LogP contribution in [-0.2, 0) is 9.53 Å². The van der Waals surface area contributed by atoms with E-state index in [9.17, 15) is 9.59 Å². The fraction of sp³-hybridized carbons (Fsp3) is 0.156. The molecule has 2 aliphatic heterocycles. The first kappa shape index (κ1) is 26.3. The molecule has 0 fully saturated rings. The van der Waals surface area contributed by atoms with Gasteiger partial charge in [0, 0.05) is 11.1 Å². The minimum absolute atomic E-state index is 0.102. The van der Waals surface area contributed by atoms with Crippen molar-refractivity contribution in [3.8, 4) is 17.2 Å². The van der Waals surface area contributed by atoms with Crippen LogP contribution in [0.3, 0.4) is 0 Å². The van der Waals surface area contributed by atoms with Crippen molar-refractivity contribution >= 4 is 29.1 Å². The Morgan fingerprint density at radius 2 is 1.88 bits per heavy atom. The minimum Gasteiger partial charge on any atom is -0.489 e. The van der Waals surface area contributed by atoms with E-state index < -0.39 is 12.0 Å². The molecule has 3 aromatic carbocycles. The number of para-hydroxylation sites is 1. The zero-order valence-corrected chi connectivity index (χ0v) is 23.1. The van der Waals surface area contributed by atoms with E-state index in [1.807, 2.05) is 60.7 Å². The molecule has 0 saturated heterocycles. The second kappa shape index (κ2) is 11.3. The van der Waals surface area contributed by atoms with Crippen LogP contribution in [0, 0.1) is 0 Å². The monoisotopic (exact) mass is 566 g/mol. The van der Waals surface area contributed by atoms with E-state index in [1.165, 1.54) is 11.3 Å². The number of carbonyl (C=O) groups is 1. The van der Waals surface area contributed by atoms with E-state index in [-0.39, 0.29) is 24.5 Å². The maximum atomic E-state index is 14.1. The molecular weight excluding hydrogens is 540 g/mol. The van der Waals surface area contributed by atoms with Crippen LogP contribution >= 0.6 is 11.3 Å². The molecule has 1 aromatic heterocycles. The average Bonchev–Trinajstić information content (AvgIpc) is 3.60. The van der Waals surface area contributed by atoms with E-state index >= 15 is 0 Å². The number of esters is 1. The second-order valence-corrected chi connectivity index (χ2v) is 10.2. The zero-order valence-electron chi connectivity index (χ0n) is 22.2. The lowest BCUT2D eigenvalue weighted by molar-refractivity contribution is -0.138. The molecule has 9 heteroatoms. The quantitative estimate of drug-likeness (QED) is 0.234. The Morgan fingerprint density at radius 1 is 1.10 bits per heavy atom. The van der Waals surface area contributed by atoms with Crippen LogP contribution in [0.5, 0.6) is 17.2 Å². The first-order valence-corrected chi connectivity index (χ1v) is 13.9. The van der Waals surface area contributed by atoms with Gasteiger partial charge in [0.1, 0.15) is 12.4 Å². The summed E-state index contributed by atoms with van der Waals surface area (Å²) < 4.78 is 24.5. The first-order chi connectivity index (χ1) is 20.1. The average molecular weight is 567 g/mol. The predicted octanol–water partition coefficient (Wildman–Crippen LogP) is 4.23. The molecule has 0 saturated carbocycles. The number of hydrogen-bond donors (Lipinski definition) is 0. The maximum absolute atomic E-state index is 14.1. The highest BCUT2D eigenvalue weighted by Crippen LogP contribution is 2.40. The number of thiazole rings is 1. The number of benzene rings is 3. The van der Waals surface area contributed by atoms with E-state index in [1.54, 1.807) is 35.8 Å². The minimum atomic E-state index is -0.815. The fourth-order valence-electron chi connectivity index (χ4n) is 4.86. The normalized spacial score (nSPS) is 15.7. The van der Waals surface area contributed by atoms with Crippen LogP contribution in [0.4, 0.5) is 0 Å². The molecular formula is C32H26N2O6S. The largest absolute Gasteiger partial charge is 0.489 e. The van der Waals surface area contributed by atoms with E-state index in [4.69, 9.17) is 23.9 Å². The van der Waals surface area contributed by atoms with Crippen LogP contribution in [0.15, 0.2) is 101 Å². The van der Waals surface area contributed by atoms with Crippen molar-refractivity contribution in [3.63, 3.8) is 0 Å². The highest BCUT2D eigenvalue weighted by Gasteiger charge is 2.36. The number of hydrogen-bond acceptors (Lipinski definition) is 8. The highest BCUT2D eigenvalue weighted by molar-refractivity contribution is 7.07. The summed E-state index contributed by atoms with van der Waals surface area (Å²) in [6, 6.07) is 21.5. The van der Waals surface area contributed by atoms with Gasteiger partial charge in [-0.3, -0.25) is 9.36 Å². The Kier molecular flexibility index (Phi) is 7.26.